The van der Waals surface area contributed by atoms with Crippen LogP contribution in [-0.4, -0.2) is 71.6 Å². The van der Waals surface area contributed by atoms with Gasteiger partial charge in [-0.25, -0.2) is 9.13 Å². The number of halogens is 3. The molecule has 1 aliphatic heterocycles. The molecule has 47 heavy (non-hydrogen) atoms. The van der Waals surface area contributed by atoms with Gasteiger partial charge in [0.2, 0.25) is 0 Å². The first-order valence-electron chi connectivity index (χ1n) is 14.8. The van der Waals surface area contributed by atoms with E-state index in [0.717, 1.165) is 28.2 Å². The molecule has 0 saturated carbocycles. The number of ether oxygens (including phenoxy) is 3. The van der Waals surface area contributed by atoms with Crippen molar-refractivity contribution >= 4 is 28.8 Å². The first-order valence-corrected chi connectivity index (χ1v) is 14.8. The van der Waals surface area contributed by atoms with Crippen LogP contribution in [0, 0.1) is 0 Å². The molecule has 0 bridgehead atoms. The fourth-order valence-corrected chi connectivity index (χ4v) is 5.04. The zero-order valence-corrected chi connectivity index (χ0v) is 25.6. The van der Waals surface area contributed by atoms with Crippen molar-refractivity contribution in [3.05, 3.63) is 95.3 Å². The van der Waals surface area contributed by atoms with Crippen molar-refractivity contribution in [3.63, 3.8) is 0 Å². The third-order valence-electron chi connectivity index (χ3n) is 7.19. The minimum absolute atomic E-state index is 0.0232. The number of imidazole rings is 1. The highest BCUT2D eigenvalue weighted by Gasteiger charge is 2.38. The Kier molecular flexibility index (Phi) is 12.1. The monoisotopic (exact) mass is 657 g/mol. The van der Waals surface area contributed by atoms with E-state index in [1.54, 1.807) is 24.3 Å². The number of fused-ring (bicyclic) bond motifs is 2. The SMILES string of the molecule is CCn1c(CN2C(=O)c3ccccc3C2=O)[n+](CCOCCOCCO)c2ccc(OCc3ccccc3)cc21.O=C([O-])C(F)(F)F. The second-order valence-corrected chi connectivity index (χ2v) is 10.2. The van der Waals surface area contributed by atoms with Gasteiger partial charge in [0.05, 0.1) is 50.7 Å². The number of carbonyl (C=O) groups excluding carboxylic acids is 3. The van der Waals surface area contributed by atoms with Gasteiger partial charge in [-0.15, -0.1) is 0 Å². The van der Waals surface area contributed by atoms with E-state index in [2.05, 4.69) is 9.13 Å². The summed E-state index contributed by atoms with van der Waals surface area (Å²) in [5.74, 6) is -2.02. The number of alkyl halides is 3. The molecule has 14 heteroatoms. The summed E-state index contributed by atoms with van der Waals surface area (Å²) in [6.45, 7) is 5.25. The van der Waals surface area contributed by atoms with Gasteiger partial charge in [0.15, 0.2) is 11.0 Å². The van der Waals surface area contributed by atoms with Crippen LogP contribution in [0.1, 0.15) is 39.0 Å². The van der Waals surface area contributed by atoms with Crippen molar-refractivity contribution in [2.24, 2.45) is 0 Å². The van der Waals surface area contributed by atoms with Crippen molar-refractivity contribution in [1.82, 2.24) is 9.47 Å². The Bertz CT molecular complexity index is 1660. The van der Waals surface area contributed by atoms with E-state index < -0.39 is 12.1 Å². The maximum Gasteiger partial charge on any atom is 0.430 e. The highest BCUT2D eigenvalue weighted by atomic mass is 19.4. The van der Waals surface area contributed by atoms with Crippen LogP contribution in [-0.2, 0) is 40.5 Å². The molecule has 0 unspecified atom stereocenters. The Morgan fingerprint density at radius 2 is 1.49 bits per heavy atom. The Morgan fingerprint density at radius 1 is 0.894 bits per heavy atom. The Hall–Kier alpha value is -4.79. The molecule has 250 valence electrons. The van der Waals surface area contributed by atoms with Gasteiger partial charge >= 0.3 is 6.18 Å². The molecule has 2 heterocycles. The minimum atomic E-state index is -5.19. The Balaban J connectivity index is 0.000000644. The molecule has 1 N–H and O–H groups in total. The molecule has 0 spiro atoms. The highest BCUT2D eigenvalue weighted by Crippen LogP contribution is 2.27. The van der Waals surface area contributed by atoms with E-state index in [9.17, 15) is 22.8 Å². The van der Waals surface area contributed by atoms with Gasteiger partial charge in [0, 0.05) is 6.07 Å². The van der Waals surface area contributed by atoms with E-state index >= 15 is 0 Å². The number of rotatable bonds is 14. The van der Waals surface area contributed by atoms with E-state index in [1.165, 1.54) is 4.90 Å². The van der Waals surface area contributed by atoms with Crippen molar-refractivity contribution in [1.29, 1.82) is 0 Å². The number of nitrogens with zero attached hydrogens (tertiary/aromatic N) is 3. The molecule has 0 atom stereocenters. The van der Waals surface area contributed by atoms with Crippen molar-refractivity contribution in [2.75, 3.05) is 33.0 Å². The van der Waals surface area contributed by atoms with Crippen molar-refractivity contribution < 1.29 is 56.5 Å². The van der Waals surface area contributed by atoms with Gasteiger partial charge in [0.25, 0.3) is 17.6 Å². The third kappa shape index (κ3) is 8.73. The fourth-order valence-electron chi connectivity index (χ4n) is 5.04. The molecule has 1 aromatic heterocycles. The Morgan fingerprint density at radius 3 is 2.06 bits per heavy atom. The molecule has 1 aliphatic rings. The maximum atomic E-state index is 13.2. The van der Waals surface area contributed by atoms with Gasteiger partial charge in [-0.1, -0.05) is 42.5 Å². The molecule has 0 saturated heterocycles. The van der Waals surface area contributed by atoms with Crippen molar-refractivity contribution in [3.8, 4) is 5.75 Å². The molecular weight excluding hydrogens is 623 g/mol. The number of benzene rings is 3. The van der Waals surface area contributed by atoms with Crippen LogP contribution in [0.25, 0.3) is 11.0 Å². The van der Waals surface area contributed by atoms with E-state index in [1.807, 2.05) is 55.5 Å². The average Bonchev–Trinajstić information content (AvgIpc) is 3.49. The number of imide groups is 1. The third-order valence-corrected chi connectivity index (χ3v) is 7.19. The van der Waals surface area contributed by atoms with Crippen LogP contribution in [0.2, 0.25) is 0 Å². The normalized spacial score (nSPS) is 12.7. The van der Waals surface area contributed by atoms with Crippen LogP contribution in [0.4, 0.5) is 13.2 Å². The molecular formula is C33H34F3N3O8. The van der Waals surface area contributed by atoms with Crippen LogP contribution < -0.4 is 14.4 Å². The summed E-state index contributed by atoms with van der Waals surface area (Å²) in [7, 11) is 0. The van der Waals surface area contributed by atoms with Gasteiger partial charge in [-0.05, 0) is 36.8 Å². The summed E-state index contributed by atoms with van der Waals surface area (Å²) in [5, 5.41) is 17.6. The maximum absolute atomic E-state index is 13.2. The van der Waals surface area contributed by atoms with E-state index in [4.69, 9.17) is 29.2 Å². The second-order valence-electron chi connectivity index (χ2n) is 10.2. The van der Waals surface area contributed by atoms with Crippen LogP contribution >= 0.6 is 0 Å². The Labute approximate surface area is 268 Å². The average molecular weight is 658 g/mol. The predicted molar refractivity (Wildman–Crippen MR) is 159 cm³/mol. The number of carbonyl (C=O) groups is 3. The molecule has 11 nitrogen and oxygen atoms in total. The molecule has 3 aromatic carbocycles. The molecule has 4 aromatic rings. The predicted octanol–water partition coefficient (Wildman–Crippen LogP) is 2.65. The first kappa shape index (κ1) is 35.1. The lowest BCUT2D eigenvalue weighted by molar-refractivity contribution is -0.682. The van der Waals surface area contributed by atoms with Crippen LogP contribution in [0.5, 0.6) is 5.75 Å². The van der Waals surface area contributed by atoms with Crippen LogP contribution in [0.3, 0.4) is 0 Å². The van der Waals surface area contributed by atoms with E-state index in [0.29, 0.717) is 50.6 Å². The van der Waals surface area contributed by atoms with Crippen LogP contribution in [0.15, 0.2) is 72.8 Å². The minimum Gasteiger partial charge on any atom is -0.542 e. The standard InChI is InChI=1S/C31H34N3O6.C2HF3O2/c1-2-32-28-20-24(40-22-23-8-4-3-5-9-23)12-13-27(28)33(14-16-38-18-19-39-17-15-35)29(32)21-34-30(36)25-10-6-7-11-26(25)31(34)37;3-2(4,5)1(6)7/h3-13,20,35H,2,14-19,21-22H2,1H3;(H,6,7)/q+1;/p-1. The van der Waals surface area contributed by atoms with E-state index in [-0.39, 0.29) is 31.6 Å². The number of aryl methyl sites for hydroxylation is 1. The van der Waals surface area contributed by atoms with Crippen molar-refractivity contribution in [2.45, 2.75) is 39.3 Å². The highest BCUT2D eigenvalue weighted by molar-refractivity contribution is 6.21. The summed E-state index contributed by atoms with van der Waals surface area (Å²) in [5.41, 5.74) is 3.85. The zero-order valence-electron chi connectivity index (χ0n) is 25.6. The molecule has 0 fully saturated rings. The second kappa shape index (κ2) is 16.2. The van der Waals surface area contributed by atoms with Gasteiger partial charge in [-0.2, -0.15) is 13.2 Å². The number of carboxylic acid groups (broad SMARTS) is 1. The summed E-state index contributed by atoms with van der Waals surface area (Å²) in [6, 6.07) is 22.9. The molecule has 0 radical (unpaired) electrons. The summed E-state index contributed by atoms with van der Waals surface area (Å²) >= 11 is 0. The topological polar surface area (TPSA) is 134 Å². The summed E-state index contributed by atoms with van der Waals surface area (Å²) in [4.78, 5) is 36.5. The lowest BCUT2D eigenvalue weighted by Crippen LogP contribution is -2.44. The summed E-state index contributed by atoms with van der Waals surface area (Å²) in [6.07, 6.45) is -5.19. The number of hydrogen-bond acceptors (Lipinski definition) is 8. The van der Waals surface area contributed by atoms with Gasteiger partial charge in [0.1, 0.15) is 31.4 Å². The largest absolute Gasteiger partial charge is 0.542 e. The molecule has 2 amide bonds. The number of hydrogen-bond donors (Lipinski definition) is 1. The number of amides is 2. The lowest BCUT2D eigenvalue weighted by atomic mass is 10.1. The number of aliphatic hydroxyl groups is 1. The molecule has 5 rings (SSSR count). The lowest BCUT2D eigenvalue weighted by Gasteiger charge is -2.13. The number of carboxylic acids is 1. The van der Waals surface area contributed by atoms with Gasteiger partial charge < -0.3 is 29.2 Å². The zero-order chi connectivity index (χ0) is 34.0. The number of aliphatic carboxylic acids is 1. The first-order chi connectivity index (χ1) is 22.6. The van der Waals surface area contributed by atoms with Gasteiger partial charge in [-0.3, -0.25) is 14.5 Å². The number of aromatic nitrogens is 2. The smallest absolute Gasteiger partial charge is 0.430 e. The summed E-state index contributed by atoms with van der Waals surface area (Å²) < 4.78 is 53.0. The number of aliphatic hydroxyl groups excluding tert-OH is 1. The fraction of sp³-hybridized carbons (Fsp3) is 0.333. The molecule has 0 aliphatic carbocycles. The quantitative estimate of drug-likeness (QED) is 0.124.